The van der Waals surface area contributed by atoms with E-state index in [1.54, 1.807) is 0 Å². The number of rotatable bonds is 3. The first-order valence-corrected chi connectivity index (χ1v) is 6.09. The van der Waals surface area contributed by atoms with E-state index in [1.807, 2.05) is 18.2 Å². The van der Waals surface area contributed by atoms with Crippen LogP contribution < -0.4 is 0 Å². The summed E-state index contributed by atoms with van der Waals surface area (Å²) in [6, 6.07) is 18.6. The van der Waals surface area contributed by atoms with E-state index in [4.69, 9.17) is 5.11 Å². The summed E-state index contributed by atoms with van der Waals surface area (Å²) in [4.78, 5) is 0. The van der Waals surface area contributed by atoms with Crippen molar-refractivity contribution in [2.75, 3.05) is 0 Å². The standard InChI is InChI=1S/C16H15NO/c18-12-14-6-7-16-15(10-14)8-9-17(16)11-13-4-2-1-3-5-13/h1-10,18H,11-12H2. The molecule has 1 aromatic heterocycles. The summed E-state index contributed by atoms with van der Waals surface area (Å²) in [6.07, 6.45) is 2.10. The van der Waals surface area contributed by atoms with Gasteiger partial charge in [0.25, 0.3) is 0 Å². The molecule has 3 rings (SSSR count). The zero-order valence-corrected chi connectivity index (χ0v) is 10.1. The Bertz CT molecular complexity index is 655. The minimum absolute atomic E-state index is 0.0970. The van der Waals surface area contributed by atoms with Crippen molar-refractivity contribution in [1.82, 2.24) is 4.57 Å². The highest BCUT2D eigenvalue weighted by molar-refractivity contribution is 5.81. The van der Waals surface area contributed by atoms with Crippen molar-refractivity contribution >= 4 is 10.9 Å². The maximum absolute atomic E-state index is 9.13. The molecule has 0 amide bonds. The van der Waals surface area contributed by atoms with Crippen molar-refractivity contribution in [3.05, 3.63) is 71.9 Å². The lowest BCUT2D eigenvalue weighted by atomic mass is 10.1. The molecule has 2 aromatic carbocycles. The van der Waals surface area contributed by atoms with Crippen LogP contribution in [0.15, 0.2) is 60.8 Å². The number of aromatic nitrogens is 1. The second kappa shape index (κ2) is 4.67. The molecule has 0 atom stereocenters. The van der Waals surface area contributed by atoms with Gasteiger partial charge in [-0.3, -0.25) is 0 Å². The van der Waals surface area contributed by atoms with Gasteiger partial charge in [0.2, 0.25) is 0 Å². The maximum Gasteiger partial charge on any atom is 0.0682 e. The summed E-state index contributed by atoms with van der Waals surface area (Å²) < 4.78 is 2.23. The van der Waals surface area contributed by atoms with Crippen LogP contribution in [0.25, 0.3) is 10.9 Å². The first-order valence-electron chi connectivity index (χ1n) is 6.09. The summed E-state index contributed by atoms with van der Waals surface area (Å²) in [7, 11) is 0. The third-order valence-corrected chi connectivity index (χ3v) is 3.21. The molecule has 2 nitrogen and oxygen atoms in total. The van der Waals surface area contributed by atoms with Gasteiger partial charge in [-0.15, -0.1) is 0 Å². The average Bonchev–Trinajstić information content (AvgIpc) is 2.82. The first kappa shape index (κ1) is 11.1. The van der Waals surface area contributed by atoms with E-state index < -0.39 is 0 Å². The quantitative estimate of drug-likeness (QED) is 0.743. The molecule has 0 aliphatic carbocycles. The third-order valence-electron chi connectivity index (χ3n) is 3.21. The van der Waals surface area contributed by atoms with Gasteiger partial charge in [-0.05, 0) is 34.7 Å². The average molecular weight is 237 g/mol. The first-order chi connectivity index (χ1) is 8.86. The van der Waals surface area contributed by atoms with Crippen molar-refractivity contribution in [2.24, 2.45) is 0 Å². The SMILES string of the molecule is OCc1ccc2c(ccn2Cc2ccccc2)c1. The van der Waals surface area contributed by atoms with Crippen molar-refractivity contribution < 1.29 is 5.11 Å². The molecule has 2 heteroatoms. The minimum Gasteiger partial charge on any atom is -0.392 e. The molecule has 0 aliphatic rings. The molecule has 0 saturated carbocycles. The zero-order chi connectivity index (χ0) is 12.4. The predicted octanol–water partition coefficient (Wildman–Crippen LogP) is 3.18. The van der Waals surface area contributed by atoms with Gasteiger partial charge >= 0.3 is 0 Å². The number of aliphatic hydroxyl groups is 1. The van der Waals surface area contributed by atoms with Crippen molar-refractivity contribution in [1.29, 1.82) is 0 Å². The van der Waals surface area contributed by atoms with Crippen molar-refractivity contribution in [2.45, 2.75) is 13.2 Å². The molecule has 0 radical (unpaired) electrons. The van der Waals surface area contributed by atoms with E-state index in [1.165, 1.54) is 16.5 Å². The number of nitrogens with zero attached hydrogens (tertiary/aromatic N) is 1. The lowest BCUT2D eigenvalue weighted by Gasteiger charge is -2.06. The molecule has 3 aromatic rings. The molecule has 0 bridgehead atoms. The second-order valence-corrected chi connectivity index (χ2v) is 4.48. The van der Waals surface area contributed by atoms with Crippen molar-refractivity contribution in [3.8, 4) is 0 Å². The van der Waals surface area contributed by atoms with Gasteiger partial charge in [0.05, 0.1) is 6.61 Å². The normalized spacial score (nSPS) is 10.9. The van der Waals surface area contributed by atoms with Crippen molar-refractivity contribution in [3.63, 3.8) is 0 Å². The van der Waals surface area contributed by atoms with E-state index in [9.17, 15) is 0 Å². The van der Waals surface area contributed by atoms with Crippen LogP contribution in [0.2, 0.25) is 0 Å². The van der Waals surface area contributed by atoms with E-state index in [-0.39, 0.29) is 6.61 Å². The van der Waals surface area contributed by atoms with Crippen LogP contribution in [0.4, 0.5) is 0 Å². The van der Waals surface area contributed by atoms with E-state index in [0.29, 0.717) is 0 Å². The Kier molecular flexibility index (Phi) is 2.87. The van der Waals surface area contributed by atoms with Gasteiger partial charge in [0.15, 0.2) is 0 Å². The minimum atomic E-state index is 0.0970. The Hall–Kier alpha value is -2.06. The van der Waals surface area contributed by atoms with Gasteiger partial charge in [0, 0.05) is 18.3 Å². The molecule has 0 fully saturated rings. The number of aliphatic hydroxyl groups excluding tert-OH is 1. The Morgan fingerprint density at radius 3 is 2.50 bits per heavy atom. The highest BCUT2D eigenvalue weighted by atomic mass is 16.3. The Balaban J connectivity index is 1.98. The molecule has 18 heavy (non-hydrogen) atoms. The molecule has 0 aliphatic heterocycles. The van der Waals surface area contributed by atoms with Crippen LogP contribution >= 0.6 is 0 Å². The van der Waals surface area contributed by atoms with Gasteiger partial charge in [-0.25, -0.2) is 0 Å². The monoisotopic (exact) mass is 237 g/mol. The summed E-state index contributed by atoms with van der Waals surface area (Å²) >= 11 is 0. The number of benzene rings is 2. The second-order valence-electron chi connectivity index (χ2n) is 4.48. The molecule has 0 saturated heterocycles. The fraction of sp³-hybridized carbons (Fsp3) is 0.125. The fourth-order valence-corrected chi connectivity index (χ4v) is 2.27. The summed E-state index contributed by atoms with van der Waals surface area (Å²) in [6.45, 7) is 0.975. The molecule has 0 spiro atoms. The highest BCUT2D eigenvalue weighted by Crippen LogP contribution is 2.19. The topological polar surface area (TPSA) is 25.2 Å². The van der Waals surface area contributed by atoms with Gasteiger partial charge in [-0.2, -0.15) is 0 Å². The Morgan fingerprint density at radius 2 is 1.72 bits per heavy atom. The molecule has 0 unspecified atom stereocenters. The molecular weight excluding hydrogens is 222 g/mol. The largest absolute Gasteiger partial charge is 0.392 e. The number of fused-ring (bicyclic) bond motifs is 1. The van der Waals surface area contributed by atoms with Crippen LogP contribution in [0.5, 0.6) is 0 Å². The van der Waals surface area contributed by atoms with Gasteiger partial charge < -0.3 is 9.67 Å². The fourth-order valence-electron chi connectivity index (χ4n) is 2.27. The molecule has 1 heterocycles. The van der Waals surface area contributed by atoms with E-state index in [2.05, 4.69) is 47.2 Å². The summed E-state index contributed by atoms with van der Waals surface area (Å²) in [5.74, 6) is 0. The molecule has 90 valence electrons. The highest BCUT2D eigenvalue weighted by Gasteiger charge is 2.02. The molecule has 1 N–H and O–H groups in total. The van der Waals surface area contributed by atoms with Crippen LogP contribution in [0.1, 0.15) is 11.1 Å². The number of hydrogen-bond donors (Lipinski definition) is 1. The van der Waals surface area contributed by atoms with Crippen LogP contribution in [0, 0.1) is 0 Å². The lowest BCUT2D eigenvalue weighted by Crippen LogP contribution is -1.97. The van der Waals surface area contributed by atoms with Gasteiger partial charge in [-0.1, -0.05) is 36.4 Å². The van der Waals surface area contributed by atoms with E-state index in [0.717, 1.165) is 12.1 Å². The summed E-state index contributed by atoms with van der Waals surface area (Å²) in [5, 5.41) is 10.3. The maximum atomic E-state index is 9.13. The van der Waals surface area contributed by atoms with Gasteiger partial charge in [0.1, 0.15) is 0 Å². The van der Waals surface area contributed by atoms with Crippen LogP contribution in [-0.4, -0.2) is 9.67 Å². The zero-order valence-electron chi connectivity index (χ0n) is 10.1. The lowest BCUT2D eigenvalue weighted by molar-refractivity contribution is 0.282. The third kappa shape index (κ3) is 2.03. The predicted molar refractivity (Wildman–Crippen MR) is 73.4 cm³/mol. The number of hydrogen-bond acceptors (Lipinski definition) is 1. The Labute approximate surface area is 106 Å². The molecular formula is C16H15NO. The Morgan fingerprint density at radius 1 is 0.889 bits per heavy atom. The smallest absolute Gasteiger partial charge is 0.0682 e. The van der Waals surface area contributed by atoms with Crippen LogP contribution in [0.3, 0.4) is 0 Å². The van der Waals surface area contributed by atoms with Crippen LogP contribution in [-0.2, 0) is 13.2 Å². The summed E-state index contributed by atoms with van der Waals surface area (Å²) in [5.41, 5.74) is 3.46. The van der Waals surface area contributed by atoms with E-state index >= 15 is 0 Å².